The highest BCUT2D eigenvalue weighted by atomic mass is 35.5. The molecule has 2 heterocycles. The van der Waals surface area contributed by atoms with Crippen molar-refractivity contribution in [1.82, 2.24) is 10.2 Å². The van der Waals surface area contributed by atoms with Gasteiger partial charge >= 0.3 is 0 Å². The summed E-state index contributed by atoms with van der Waals surface area (Å²) in [5.74, 6) is 1.62. The molecule has 2 aromatic carbocycles. The van der Waals surface area contributed by atoms with Crippen molar-refractivity contribution in [2.24, 2.45) is 5.92 Å². The van der Waals surface area contributed by atoms with Crippen LogP contribution in [0.2, 0.25) is 5.02 Å². The van der Waals surface area contributed by atoms with Gasteiger partial charge in [0.25, 0.3) is 5.91 Å². The van der Waals surface area contributed by atoms with Gasteiger partial charge in [0.05, 0.1) is 0 Å². The summed E-state index contributed by atoms with van der Waals surface area (Å²) >= 11 is 6.13. The van der Waals surface area contributed by atoms with Gasteiger partial charge in [-0.3, -0.25) is 9.59 Å². The van der Waals surface area contributed by atoms with Crippen LogP contribution in [0.5, 0.6) is 11.5 Å². The number of fused-ring (bicyclic) bond motifs is 1. The molecule has 6 nitrogen and oxygen atoms in total. The number of hydrogen-bond acceptors (Lipinski definition) is 4. The van der Waals surface area contributed by atoms with E-state index in [-0.39, 0.29) is 18.6 Å². The number of benzene rings is 2. The normalized spacial score (nSPS) is 17.6. The Morgan fingerprint density at radius 3 is 2.83 bits per heavy atom. The van der Waals surface area contributed by atoms with E-state index < -0.39 is 0 Å². The molecule has 0 radical (unpaired) electrons. The van der Waals surface area contributed by atoms with Crippen LogP contribution >= 0.6 is 11.6 Å². The molecular formula is C23H25ClN2O4. The van der Waals surface area contributed by atoms with Crippen LogP contribution in [0.25, 0.3) is 0 Å². The number of carbonyl (C=O) groups is 2. The summed E-state index contributed by atoms with van der Waals surface area (Å²) in [6, 6.07) is 12.8. The average Bonchev–Trinajstić information content (AvgIpc) is 3.25. The van der Waals surface area contributed by atoms with Gasteiger partial charge in [0.15, 0.2) is 11.5 Å². The lowest BCUT2D eigenvalue weighted by Gasteiger charge is -2.33. The quantitative estimate of drug-likeness (QED) is 0.754. The second kappa shape index (κ2) is 9.39. The predicted octanol–water partition coefficient (Wildman–Crippen LogP) is 4.02. The molecule has 2 aromatic rings. The van der Waals surface area contributed by atoms with E-state index in [1.54, 1.807) is 18.2 Å². The number of piperidine rings is 1. The van der Waals surface area contributed by atoms with Crippen LogP contribution in [-0.4, -0.2) is 36.6 Å². The maximum Gasteiger partial charge on any atom is 0.254 e. The van der Waals surface area contributed by atoms with E-state index in [9.17, 15) is 9.59 Å². The van der Waals surface area contributed by atoms with Crippen LogP contribution in [0.3, 0.4) is 0 Å². The molecule has 30 heavy (non-hydrogen) atoms. The zero-order valence-corrected chi connectivity index (χ0v) is 17.5. The smallest absolute Gasteiger partial charge is 0.254 e. The van der Waals surface area contributed by atoms with Gasteiger partial charge in [-0.25, -0.2) is 0 Å². The van der Waals surface area contributed by atoms with Crippen LogP contribution in [0.15, 0.2) is 42.5 Å². The average molecular weight is 429 g/mol. The van der Waals surface area contributed by atoms with Crippen molar-refractivity contribution in [2.45, 2.75) is 32.2 Å². The molecule has 158 valence electrons. The highest BCUT2D eigenvalue weighted by Crippen LogP contribution is 2.33. The maximum absolute atomic E-state index is 12.9. The summed E-state index contributed by atoms with van der Waals surface area (Å²) in [4.78, 5) is 27.0. The molecule has 0 spiro atoms. The van der Waals surface area contributed by atoms with Gasteiger partial charge in [-0.15, -0.1) is 0 Å². The molecule has 2 aliphatic heterocycles. The zero-order valence-electron chi connectivity index (χ0n) is 16.7. The first kappa shape index (κ1) is 20.5. The number of nitrogens with one attached hydrogen (secondary N) is 1. The van der Waals surface area contributed by atoms with E-state index in [1.807, 2.05) is 29.2 Å². The van der Waals surface area contributed by atoms with Crippen molar-refractivity contribution in [3.05, 3.63) is 58.6 Å². The van der Waals surface area contributed by atoms with Crippen molar-refractivity contribution in [1.29, 1.82) is 0 Å². The Morgan fingerprint density at radius 1 is 1.13 bits per heavy atom. The molecular weight excluding hydrogens is 404 g/mol. The monoisotopic (exact) mass is 428 g/mol. The number of likely N-dealkylation sites (tertiary alicyclic amines) is 1. The Balaban J connectivity index is 1.26. The lowest BCUT2D eigenvalue weighted by Crippen LogP contribution is -2.40. The molecule has 2 amide bonds. The minimum absolute atomic E-state index is 0.00108. The van der Waals surface area contributed by atoms with Crippen LogP contribution in [0, 0.1) is 5.92 Å². The number of hydrogen-bond donors (Lipinski definition) is 1. The lowest BCUT2D eigenvalue weighted by molar-refractivity contribution is -0.121. The molecule has 1 saturated heterocycles. The Kier molecular flexibility index (Phi) is 6.43. The number of rotatable bonds is 6. The van der Waals surface area contributed by atoms with Crippen molar-refractivity contribution >= 4 is 23.4 Å². The SMILES string of the molecule is O=C(CC[C@H]1CCCN(C(=O)c2ccc3c(c2)OCO3)C1)NCc1ccccc1Cl. The van der Waals surface area contributed by atoms with Gasteiger partial charge in [0.2, 0.25) is 12.7 Å². The Bertz CT molecular complexity index is 933. The molecule has 4 rings (SSSR count). The van der Waals surface area contributed by atoms with Crippen LogP contribution in [0.4, 0.5) is 0 Å². The van der Waals surface area contributed by atoms with E-state index >= 15 is 0 Å². The first-order chi connectivity index (χ1) is 14.6. The molecule has 0 aliphatic carbocycles. The second-order valence-electron chi connectivity index (χ2n) is 7.73. The highest BCUT2D eigenvalue weighted by Gasteiger charge is 2.26. The molecule has 1 fully saturated rings. The molecule has 0 aromatic heterocycles. The molecule has 1 atom stereocenters. The minimum Gasteiger partial charge on any atom is -0.454 e. The van der Waals surface area contributed by atoms with Gasteiger partial charge < -0.3 is 19.7 Å². The second-order valence-corrected chi connectivity index (χ2v) is 8.14. The summed E-state index contributed by atoms with van der Waals surface area (Å²) in [5, 5.41) is 3.59. The maximum atomic E-state index is 12.9. The van der Waals surface area contributed by atoms with Gasteiger partial charge in [-0.05, 0) is 55.0 Å². The van der Waals surface area contributed by atoms with Crippen molar-refractivity contribution in [3.63, 3.8) is 0 Å². The third-order valence-electron chi connectivity index (χ3n) is 5.64. The van der Waals surface area contributed by atoms with Crippen molar-refractivity contribution in [3.8, 4) is 11.5 Å². The third kappa shape index (κ3) is 4.87. The molecule has 7 heteroatoms. The van der Waals surface area contributed by atoms with Crippen LogP contribution in [0.1, 0.15) is 41.6 Å². The van der Waals surface area contributed by atoms with Crippen LogP contribution in [-0.2, 0) is 11.3 Å². The fourth-order valence-electron chi connectivity index (χ4n) is 3.96. The summed E-state index contributed by atoms with van der Waals surface area (Å²) in [6.07, 6.45) is 3.19. The summed E-state index contributed by atoms with van der Waals surface area (Å²) in [7, 11) is 0. The van der Waals surface area contributed by atoms with E-state index in [2.05, 4.69) is 5.32 Å². The molecule has 0 saturated carbocycles. The Morgan fingerprint density at radius 2 is 1.97 bits per heavy atom. The van der Waals surface area contributed by atoms with E-state index in [0.29, 0.717) is 47.5 Å². The first-order valence-corrected chi connectivity index (χ1v) is 10.7. The molecule has 2 aliphatic rings. The highest BCUT2D eigenvalue weighted by molar-refractivity contribution is 6.31. The number of ether oxygens (including phenoxy) is 2. The molecule has 0 bridgehead atoms. The van der Waals surface area contributed by atoms with Gasteiger partial charge in [-0.2, -0.15) is 0 Å². The largest absolute Gasteiger partial charge is 0.454 e. The molecule has 1 N–H and O–H groups in total. The fraction of sp³-hybridized carbons (Fsp3) is 0.391. The van der Waals surface area contributed by atoms with E-state index in [0.717, 1.165) is 31.4 Å². The van der Waals surface area contributed by atoms with E-state index in [4.69, 9.17) is 21.1 Å². The fourth-order valence-corrected chi connectivity index (χ4v) is 4.16. The topological polar surface area (TPSA) is 67.9 Å². The third-order valence-corrected chi connectivity index (χ3v) is 6.01. The number of nitrogens with zero attached hydrogens (tertiary/aromatic N) is 1. The van der Waals surface area contributed by atoms with Crippen molar-refractivity contribution in [2.75, 3.05) is 19.9 Å². The number of carbonyl (C=O) groups excluding carboxylic acids is 2. The standard InChI is InChI=1S/C23H25ClN2O4/c24-19-6-2-1-5-18(19)13-25-22(27)10-7-16-4-3-11-26(14-16)23(28)17-8-9-20-21(12-17)30-15-29-20/h1-2,5-6,8-9,12,16H,3-4,7,10-11,13-15H2,(H,25,27)/t16-/m1/s1. The molecule has 0 unspecified atom stereocenters. The zero-order chi connectivity index (χ0) is 20.9. The van der Waals surface area contributed by atoms with Crippen molar-refractivity contribution < 1.29 is 19.1 Å². The van der Waals surface area contributed by atoms with E-state index in [1.165, 1.54) is 0 Å². The lowest BCUT2D eigenvalue weighted by atomic mass is 9.92. The van der Waals surface area contributed by atoms with Gasteiger partial charge in [-0.1, -0.05) is 29.8 Å². The first-order valence-electron chi connectivity index (χ1n) is 10.3. The number of halogens is 1. The van der Waals surface area contributed by atoms with Crippen LogP contribution < -0.4 is 14.8 Å². The predicted molar refractivity (Wildman–Crippen MR) is 114 cm³/mol. The Hall–Kier alpha value is -2.73. The summed E-state index contributed by atoms with van der Waals surface area (Å²) < 4.78 is 10.7. The minimum atomic E-state index is 0.00108. The Labute approximate surface area is 181 Å². The van der Waals surface area contributed by atoms with Gasteiger partial charge in [0, 0.05) is 36.6 Å². The summed E-state index contributed by atoms with van der Waals surface area (Å²) in [6.45, 7) is 2.03. The number of amides is 2. The van der Waals surface area contributed by atoms with Gasteiger partial charge in [0.1, 0.15) is 0 Å². The summed E-state index contributed by atoms with van der Waals surface area (Å²) in [5.41, 5.74) is 1.52.